The molecule has 0 aliphatic rings. The molecule has 0 fully saturated rings. The van der Waals surface area contributed by atoms with Gasteiger partial charge in [-0.15, -0.1) is 11.3 Å². The minimum atomic E-state index is -0.246. The lowest BCUT2D eigenvalue weighted by molar-refractivity contribution is 0.0940. The molecule has 5 heteroatoms. The van der Waals surface area contributed by atoms with Crippen molar-refractivity contribution in [2.75, 3.05) is 0 Å². The molecule has 1 N–H and O–H groups in total. The van der Waals surface area contributed by atoms with Crippen LogP contribution in [0.25, 0.3) is 0 Å². The molecular formula is C19H14BrNO2S. The maximum absolute atomic E-state index is 12.7. The Balaban J connectivity index is 1.83. The number of amides is 1. The van der Waals surface area contributed by atoms with Gasteiger partial charge in [0.2, 0.25) is 0 Å². The van der Waals surface area contributed by atoms with Crippen LogP contribution in [0.5, 0.6) is 0 Å². The van der Waals surface area contributed by atoms with Crippen LogP contribution in [-0.2, 0) is 6.54 Å². The first kappa shape index (κ1) is 16.6. The molecule has 2 aromatic carbocycles. The quantitative estimate of drug-likeness (QED) is 0.633. The Hall–Kier alpha value is -2.24. The molecule has 0 aliphatic heterocycles. The Labute approximate surface area is 152 Å². The Morgan fingerprint density at radius 3 is 2.29 bits per heavy atom. The molecule has 1 aromatic heterocycles. The number of carbonyl (C=O) groups excluding carboxylic acids is 2. The normalized spacial score (nSPS) is 10.4. The Morgan fingerprint density at radius 2 is 1.62 bits per heavy atom. The van der Waals surface area contributed by atoms with E-state index in [4.69, 9.17) is 0 Å². The van der Waals surface area contributed by atoms with Gasteiger partial charge in [-0.25, -0.2) is 0 Å². The molecule has 3 nitrogen and oxygen atoms in total. The highest BCUT2D eigenvalue weighted by molar-refractivity contribution is 9.10. The molecule has 3 aromatic rings. The second-order valence-corrected chi connectivity index (χ2v) is 7.09. The summed E-state index contributed by atoms with van der Waals surface area (Å²) in [5, 5.41) is 4.83. The molecule has 0 saturated heterocycles. The molecule has 0 saturated carbocycles. The third kappa shape index (κ3) is 3.80. The monoisotopic (exact) mass is 399 g/mol. The van der Waals surface area contributed by atoms with Crippen LogP contribution in [0, 0.1) is 0 Å². The van der Waals surface area contributed by atoms with Crippen molar-refractivity contribution < 1.29 is 9.59 Å². The summed E-state index contributed by atoms with van der Waals surface area (Å²) in [5.74, 6) is -0.408. The van der Waals surface area contributed by atoms with Crippen molar-refractivity contribution in [2.24, 2.45) is 0 Å². The first-order valence-electron chi connectivity index (χ1n) is 7.35. The van der Waals surface area contributed by atoms with Gasteiger partial charge in [-0.05, 0) is 41.8 Å². The van der Waals surface area contributed by atoms with E-state index in [9.17, 15) is 9.59 Å². The fourth-order valence-electron chi connectivity index (χ4n) is 2.31. The molecule has 120 valence electrons. The minimum Gasteiger partial charge on any atom is -0.347 e. The van der Waals surface area contributed by atoms with Crippen molar-refractivity contribution in [3.8, 4) is 0 Å². The number of hydrogen-bond donors (Lipinski definition) is 1. The lowest BCUT2D eigenvalue weighted by Crippen LogP contribution is -2.24. The van der Waals surface area contributed by atoms with E-state index in [2.05, 4.69) is 21.2 Å². The van der Waals surface area contributed by atoms with Crippen molar-refractivity contribution >= 4 is 39.0 Å². The highest BCUT2D eigenvalue weighted by atomic mass is 79.9. The molecule has 0 atom stereocenters. The van der Waals surface area contributed by atoms with Crippen LogP contribution >= 0.6 is 27.3 Å². The van der Waals surface area contributed by atoms with Gasteiger partial charge >= 0.3 is 0 Å². The molecular weight excluding hydrogens is 386 g/mol. The number of halogens is 1. The zero-order chi connectivity index (χ0) is 16.9. The Morgan fingerprint density at radius 1 is 0.917 bits per heavy atom. The number of ketones is 1. The first-order valence-corrected chi connectivity index (χ1v) is 9.02. The van der Waals surface area contributed by atoms with E-state index < -0.39 is 0 Å². The van der Waals surface area contributed by atoms with Crippen LogP contribution in [-0.4, -0.2) is 11.7 Å². The summed E-state index contributed by atoms with van der Waals surface area (Å²) >= 11 is 4.94. The summed E-state index contributed by atoms with van der Waals surface area (Å²) in [5.41, 5.74) is 1.35. The predicted molar refractivity (Wildman–Crippen MR) is 99.5 cm³/mol. The molecule has 0 radical (unpaired) electrons. The molecule has 3 rings (SSSR count). The third-order valence-electron chi connectivity index (χ3n) is 3.53. The first-order chi connectivity index (χ1) is 11.6. The molecule has 0 unspecified atom stereocenters. The number of nitrogens with one attached hydrogen (secondary N) is 1. The minimum absolute atomic E-state index is 0.163. The molecule has 1 amide bonds. The van der Waals surface area contributed by atoms with E-state index in [1.165, 1.54) is 0 Å². The lowest BCUT2D eigenvalue weighted by Gasteiger charge is -2.09. The van der Waals surface area contributed by atoms with Crippen molar-refractivity contribution in [3.05, 3.63) is 92.1 Å². The fourth-order valence-corrected chi connectivity index (χ4v) is 3.22. The van der Waals surface area contributed by atoms with Crippen molar-refractivity contribution in [3.63, 3.8) is 0 Å². The molecule has 24 heavy (non-hydrogen) atoms. The average molecular weight is 400 g/mol. The van der Waals surface area contributed by atoms with Gasteiger partial charge < -0.3 is 5.32 Å². The number of benzene rings is 2. The largest absolute Gasteiger partial charge is 0.347 e. The topological polar surface area (TPSA) is 46.2 Å². The maximum Gasteiger partial charge on any atom is 0.252 e. The SMILES string of the molecule is O=C(NCc1cccs1)c1ccccc1C(=O)c1ccc(Br)cc1. The second kappa shape index (κ2) is 7.55. The summed E-state index contributed by atoms with van der Waals surface area (Å²) in [6, 6.07) is 17.9. The van der Waals surface area contributed by atoms with E-state index in [-0.39, 0.29) is 11.7 Å². The number of hydrogen-bond acceptors (Lipinski definition) is 3. The van der Waals surface area contributed by atoms with E-state index in [0.29, 0.717) is 23.2 Å². The van der Waals surface area contributed by atoms with Gasteiger partial charge in [-0.1, -0.05) is 40.2 Å². The highest BCUT2D eigenvalue weighted by Gasteiger charge is 2.17. The van der Waals surface area contributed by atoms with Crippen LogP contribution < -0.4 is 5.32 Å². The summed E-state index contributed by atoms with van der Waals surface area (Å²) in [6.07, 6.45) is 0. The Kier molecular flexibility index (Phi) is 5.23. The standard InChI is InChI=1S/C19H14BrNO2S/c20-14-9-7-13(8-10-14)18(22)16-5-1-2-6-17(16)19(23)21-12-15-4-3-11-24-15/h1-11H,12H2,(H,21,23). The van der Waals surface area contributed by atoms with Gasteiger partial charge in [0.1, 0.15) is 0 Å². The summed E-state index contributed by atoms with van der Waals surface area (Å²) in [7, 11) is 0. The van der Waals surface area contributed by atoms with Gasteiger partial charge in [-0.2, -0.15) is 0 Å². The number of carbonyl (C=O) groups is 2. The summed E-state index contributed by atoms with van der Waals surface area (Å²) in [4.78, 5) is 26.3. The average Bonchev–Trinajstić information content (AvgIpc) is 3.13. The number of rotatable bonds is 5. The van der Waals surface area contributed by atoms with Crippen LogP contribution in [0.2, 0.25) is 0 Å². The fraction of sp³-hybridized carbons (Fsp3) is 0.0526. The lowest BCUT2D eigenvalue weighted by atomic mass is 9.98. The highest BCUT2D eigenvalue weighted by Crippen LogP contribution is 2.18. The van der Waals surface area contributed by atoms with Crippen LogP contribution in [0.3, 0.4) is 0 Å². The maximum atomic E-state index is 12.7. The third-order valence-corrected chi connectivity index (χ3v) is 4.93. The van der Waals surface area contributed by atoms with Crippen LogP contribution in [0.15, 0.2) is 70.5 Å². The zero-order valence-electron chi connectivity index (χ0n) is 12.7. The van der Waals surface area contributed by atoms with Crippen molar-refractivity contribution in [2.45, 2.75) is 6.54 Å². The number of thiophene rings is 1. The van der Waals surface area contributed by atoms with Gasteiger partial charge in [-0.3, -0.25) is 9.59 Å². The van der Waals surface area contributed by atoms with E-state index in [1.807, 2.05) is 29.6 Å². The van der Waals surface area contributed by atoms with E-state index >= 15 is 0 Å². The second-order valence-electron chi connectivity index (χ2n) is 5.14. The molecule has 1 heterocycles. The summed E-state index contributed by atoms with van der Waals surface area (Å²) < 4.78 is 0.904. The molecule has 0 aliphatic carbocycles. The van der Waals surface area contributed by atoms with Gasteiger partial charge in [0.05, 0.1) is 12.1 Å². The van der Waals surface area contributed by atoms with Gasteiger partial charge in [0.25, 0.3) is 5.91 Å². The van der Waals surface area contributed by atoms with Crippen LogP contribution in [0.4, 0.5) is 0 Å². The molecule has 0 bridgehead atoms. The van der Waals surface area contributed by atoms with E-state index in [0.717, 1.165) is 9.35 Å². The van der Waals surface area contributed by atoms with Crippen molar-refractivity contribution in [1.82, 2.24) is 5.32 Å². The predicted octanol–water partition coefficient (Wildman–Crippen LogP) is 4.67. The molecule has 0 spiro atoms. The van der Waals surface area contributed by atoms with Crippen molar-refractivity contribution in [1.29, 1.82) is 0 Å². The zero-order valence-corrected chi connectivity index (χ0v) is 15.1. The Bertz CT molecular complexity index is 857. The summed E-state index contributed by atoms with van der Waals surface area (Å²) in [6.45, 7) is 0.456. The van der Waals surface area contributed by atoms with Gasteiger partial charge in [0, 0.05) is 20.5 Å². The van der Waals surface area contributed by atoms with E-state index in [1.54, 1.807) is 47.7 Å². The van der Waals surface area contributed by atoms with Crippen LogP contribution in [0.1, 0.15) is 31.2 Å². The van der Waals surface area contributed by atoms with Gasteiger partial charge in [0.15, 0.2) is 5.78 Å². The smallest absolute Gasteiger partial charge is 0.252 e.